The summed E-state index contributed by atoms with van der Waals surface area (Å²) in [5, 5.41) is 9.52. The van der Waals surface area contributed by atoms with Crippen molar-refractivity contribution in [3.05, 3.63) is 83.9 Å². The molecule has 0 aromatic heterocycles. The van der Waals surface area contributed by atoms with Crippen LogP contribution in [0.15, 0.2) is 72.8 Å². The second kappa shape index (κ2) is 18.1. The zero-order valence-electron chi connectivity index (χ0n) is 27.0. The fourth-order valence-corrected chi connectivity index (χ4v) is 7.16. The first-order chi connectivity index (χ1) is 21.1. The van der Waals surface area contributed by atoms with E-state index in [-0.39, 0.29) is 5.92 Å². The van der Waals surface area contributed by atoms with E-state index in [1.165, 1.54) is 104 Å². The van der Waals surface area contributed by atoms with Crippen LogP contribution in [-0.2, 0) is 11.2 Å². The summed E-state index contributed by atoms with van der Waals surface area (Å²) in [6, 6.07) is 27.1. The van der Waals surface area contributed by atoms with Crippen LogP contribution in [-0.4, -0.2) is 11.1 Å². The first-order valence-electron chi connectivity index (χ1n) is 17.6. The molecule has 1 fully saturated rings. The minimum atomic E-state index is -0.639. The molecule has 1 saturated carbocycles. The number of aliphatic carboxylic acids is 1. The molecule has 3 aromatic carbocycles. The number of carboxylic acid groups (broad SMARTS) is 1. The van der Waals surface area contributed by atoms with E-state index in [0.29, 0.717) is 0 Å². The summed E-state index contributed by atoms with van der Waals surface area (Å²) in [4.78, 5) is 11.6. The molecule has 0 spiro atoms. The van der Waals surface area contributed by atoms with Crippen LogP contribution in [0.2, 0.25) is 0 Å². The number of aryl methyl sites for hydroxylation is 1. The van der Waals surface area contributed by atoms with E-state index < -0.39 is 5.97 Å². The van der Waals surface area contributed by atoms with Gasteiger partial charge in [0.1, 0.15) is 0 Å². The highest BCUT2D eigenvalue weighted by Crippen LogP contribution is 2.39. The van der Waals surface area contributed by atoms with Gasteiger partial charge in [0.05, 0.1) is 5.92 Å². The molecule has 1 aliphatic carbocycles. The van der Waals surface area contributed by atoms with Gasteiger partial charge in [0.2, 0.25) is 0 Å². The molecule has 1 N–H and O–H groups in total. The van der Waals surface area contributed by atoms with Gasteiger partial charge in [0, 0.05) is 0 Å². The van der Waals surface area contributed by atoms with Gasteiger partial charge in [0.15, 0.2) is 0 Å². The molecule has 3 aromatic rings. The van der Waals surface area contributed by atoms with Gasteiger partial charge >= 0.3 is 5.97 Å². The maximum atomic E-state index is 11.6. The number of unbranched alkanes of at least 4 members (excludes halogenated alkanes) is 6. The maximum Gasteiger partial charge on any atom is 0.306 e. The molecule has 0 bridgehead atoms. The fraction of sp³-hybridized carbons (Fsp3) is 0.537. The third-order valence-corrected chi connectivity index (χ3v) is 9.97. The van der Waals surface area contributed by atoms with Gasteiger partial charge in [-0.25, -0.2) is 0 Å². The zero-order valence-corrected chi connectivity index (χ0v) is 27.0. The van der Waals surface area contributed by atoms with Crippen LogP contribution in [0, 0.1) is 11.8 Å². The Labute approximate surface area is 262 Å². The number of carbonyl (C=O) groups is 1. The second-order valence-corrected chi connectivity index (χ2v) is 13.2. The molecule has 4 rings (SSSR count). The molecule has 1 atom stereocenters. The molecule has 232 valence electrons. The molecule has 2 nitrogen and oxygen atoms in total. The van der Waals surface area contributed by atoms with Crippen molar-refractivity contribution in [3.8, 4) is 22.3 Å². The van der Waals surface area contributed by atoms with Crippen molar-refractivity contribution in [2.24, 2.45) is 11.8 Å². The first kappa shape index (κ1) is 33.0. The quantitative estimate of drug-likeness (QED) is 0.152. The summed E-state index contributed by atoms with van der Waals surface area (Å²) in [7, 11) is 0. The van der Waals surface area contributed by atoms with Crippen LogP contribution < -0.4 is 0 Å². The number of benzene rings is 3. The van der Waals surface area contributed by atoms with Gasteiger partial charge < -0.3 is 5.11 Å². The highest BCUT2D eigenvalue weighted by Gasteiger charge is 2.22. The molecule has 1 unspecified atom stereocenters. The lowest BCUT2D eigenvalue weighted by Crippen LogP contribution is -2.13. The minimum Gasteiger partial charge on any atom is -0.481 e. The maximum absolute atomic E-state index is 11.6. The Hall–Kier alpha value is -2.87. The normalized spacial score (nSPS) is 17.5. The van der Waals surface area contributed by atoms with Gasteiger partial charge in [-0.05, 0) is 96.6 Å². The third kappa shape index (κ3) is 10.4. The first-order valence-corrected chi connectivity index (χ1v) is 17.6. The van der Waals surface area contributed by atoms with Crippen molar-refractivity contribution in [2.45, 2.75) is 129 Å². The molecule has 0 aliphatic heterocycles. The summed E-state index contributed by atoms with van der Waals surface area (Å²) in [5.74, 6) is 0.824. The summed E-state index contributed by atoms with van der Waals surface area (Å²) in [5.41, 5.74) is 7.87. The van der Waals surface area contributed by atoms with Crippen LogP contribution in [0.25, 0.3) is 22.3 Å². The molecule has 2 heteroatoms. The van der Waals surface area contributed by atoms with Crippen molar-refractivity contribution in [1.82, 2.24) is 0 Å². The number of hydrogen-bond donors (Lipinski definition) is 1. The predicted octanol–water partition coefficient (Wildman–Crippen LogP) is 12.3. The molecule has 0 saturated heterocycles. The van der Waals surface area contributed by atoms with Gasteiger partial charge in [0.25, 0.3) is 0 Å². The number of carboxylic acids is 1. The average molecular weight is 581 g/mol. The SMILES string of the molecule is CCCCCCCCC1CCC(c2ccc(-c3ccccc3-c3ccc(CCCC(CCCC)C(=O)O)cc3)cc2)CC1. The van der Waals surface area contributed by atoms with Crippen molar-refractivity contribution in [1.29, 1.82) is 0 Å². The highest BCUT2D eigenvalue weighted by atomic mass is 16.4. The summed E-state index contributed by atoms with van der Waals surface area (Å²) in [6.45, 7) is 4.42. The predicted molar refractivity (Wildman–Crippen MR) is 184 cm³/mol. The van der Waals surface area contributed by atoms with Crippen LogP contribution in [0.1, 0.15) is 134 Å². The minimum absolute atomic E-state index is 0.206. The van der Waals surface area contributed by atoms with E-state index in [9.17, 15) is 9.90 Å². The van der Waals surface area contributed by atoms with Gasteiger partial charge in [-0.2, -0.15) is 0 Å². The summed E-state index contributed by atoms with van der Waals surface area (Å²) >= 11 is 0. The van der Waals surface area contributed by atoms with Gasteiger partial charge in [-0.3, -0.25) is 4.79 Å². The Morgan fingerprint density at radius 3 is 1.84 bits per heavy atom. The molecule has 1 aliphatic rings. The topological polar surface area (TPSA) is 37.3 Å². The average Bonchev–Trinajstić information content (AvgIpc) is 3.05. The van der Waals surface area contributed by atoms with Crippen molar-refractivity contribution in [3.63, 3.8) is 0 Å². The molecular formula is C41H56O2. The monoisotopic (exact) mass is 580 g/mol. The largest absolute Gasteiger partial charge is 0.481 e. The Balaban J connectivity index is 1.30. The lowest BCUT2D eigenvalue weighted by molar-refractivity contribution is -0.142. The summed E-state index contributed by atoms with van der Waals surface area (Å²) in [6.07, 6.45) is 20.9. The highest BCUT2D eigenvalue weighted by molar-refractivity contribution is 5.83. The van der Waals surface area contributed by atoms with Crippen molar-refractivity contribution < 1.29 is 9.90 Å². The standard InChI is InChI=1S/C41H56O2/c1-3-5-7-8-9-10-14-32-20-24-34(25-21-32)35-28-30-37(31-29-35)40-19-12-11-18-39(40)36-26-22-33(23-27-36)15-13-17-38(41(42)43)16-6-4-2/h11-12,18-19,22-23,26-32,34,38H,3-10,13-17,20-21,24-25H2,1-2H3,(H,42,43). The Morgan fingerprint density at radius 1 is 0.674 bits per heavy atom. The molecule has 0 heterocycles. The van der Waals surface area contributed by atoms with Gasteiger partial charge in [-0.15, -0.1) is 0 Å². The van der Waals surface area contributed by atoms with Gasteiger partial charge in [-0.1, -0.05) is 144 Å². The van der Waals surface area contributed by atoms with E-state index in [1.54, 1.807) is 0 Å². The molecule has 0 radical (unpaired) electrons. The van der Waals surface area contributed by atoms with E-state index in [4.69, 9.17) is 0 Å². The zero-order chi connectivity index (χ0) is 30.3. The smallest absolute Gasteiger partial charge is 0.306 e. The van der Waals surface area contributed by atoms with Crippen LogP contribution >= 0.6 is 0 Å². The van der Waals surface area contributed by atoms with Crippen molar-refractivity contribution in [2.75, 3.05) is 0 Å². The number of hydrogen-bond acceptors (Lipinski definition) is 1. The van der Waals surface area contributed by atoms with E-state index in [2.05, 4.69) is 86.6 Å². The fourth-order valence-electron chi connectivity index (χ4n) is 7.16. The van der Waals surface area contributed by atoms with E-state index in [1.807, 2.05) is 0 Å². The molecule has 0 amide bonds. The van der Waals surface area contributed by atoms with Crippen LogP contribution in [0.4, 0.5) is 0 Å². The Kier molecular flexibility index (Phi) is 13.9. The Bertz CT molecular complexity index is 1200. The van der Waals surface area contributed by atoms with E-state index >= 15 is 0 Å². The van der Waals surface area contributed by atoms with Crippen molar-refractivity contribution >= 4 is 5.97 Å². The Morgan fingerprint density at radius 2 is 1.23 bits per heavy atom. The van der Waals surface area contributed by atoms with E-state index in [0.717, 1.165) is 50.4 Å². The van der Waals surface area contributed by atoms with Crippen LogP contribution in [0.3, 0.4) is 0 Å². The lowest BCUT2D eigenvalue weighted by Gasteiger charge is -2.29. The molecule has 43 heavy (non-hydrogen) atoms. The number of rotatable bonds is 18. The lowest BCUT2D eigenvalue weighted by atomic mass is 9.77. The second-order valence-electron chi connectivity index (χ2n) is 13.2. The third-order valence-electron chi connectivity index (χ3n) is 9.97. The summed E-state index contributed by atoms with van der Waals surface area (Å²) < 4.78 is 0. The van der Waals surface area contributed by atoms with Crippen LogP contribution in [0.5, 0.6) is 0 Å². The molecular weight excluding hydrogens is 524 g/mol.